The van der Waals surface area contributed by atoms with Crippen LogP contribution in [0.2, 0.25) is 0 Å². The van der Waals surface area contributed by atoms with Gasteiger partial charge in [0, 0.05) is 70.2 Å². The minimum atomic E-state index is -5.82. The zero-order valence-corrected chi connectivity index (χ0v) is 25.8. The number of hydrogen-bond donors (Lipinski definition) is 0. The molecule has 4 fully saturated rings. The van der Waals surface area contributed by atoms with Crippen molar-refractivity contribution in [2.45, 2.75) is 63.3 Å². The molecule has 1 aromatic carbocycles. The molecule has 18 heteroatoms. The summed E-state index contributed by atoms with van der Waals surface area (Å²) in [5.74, 6) is 0. The standard InChI is InChI=1S/C28H35F9N4O4S/c1-46(43,44)41-14-9-24(18-41)5-10-39(11-6-24)21-4-2-3-20(26(29,30)31)19(21)15-38-16-25(17-38)7-12-40(13-8-25)23(42)45-22(27(32,33)34)28(35,36)37/h2-4,22H,5-18H2,1H3. The van der Waals surface area contributed by atoms with Crippen molar-refractivity contribution in [2.75, 3.05) is 63.5 Å². The van der Waals surface area contributed by atoms with Crippen molar-refractivity contribution in [1.82, 2.24) is 14.1 Å². The van der Waals surface area contributed by atoms with Crippen LogP contribution >= 0.6 is 0 Å². The Kier molecular flexibility index (Phi) is 9.01. The number of carbonyl (C=O) groups is 1. The Labute approximate surface area is 260 Å². The van der Waals surface area contributed by atoms with E-state index >= 15 is 0 Å². The predicted molar refractivity (Wildman–Crippen MR) is 147 cm³/mol. The lowest BCUT2D eigenvalue weighted by molar-refractivity contribution is -0.308. The molecule has 4 heterocycles. The van der Waals surface area contributed by atoms with E-state index in [2.05, 4.69) is 4.74 Å². The van der Waals surface area contributed by atoms with Crippen LogP contribution in [0.15, 0.2) is 18.2 Å². The molecule has 2 spiro atoms. The normalized spacial score (nSPS) is 22.9. The molecule has 0 N–H and O–H groups in total. The third-order valence-corrected chi connectivity index (χ3v) is 11.1. The third kappa shape index (κ3) is 7.32. The molecular weight excluding hydrogens is 659 g/mol. The predicted octanol–water partition coefficient (Wildman–Crippen LogP) is 5.48. The van der Waals surface area contributed by atoms with E-state index in [9.17, 15) is 52.7 Å². The van der Waals surface area contributed by atoms with E-state index in [0.29, 0.717) is 64.2 Å². The first kappa shape index (κ1) is 34.9. The van der Waals surface area contributed by atoms with Gasteiger partial charge in [-0.1, -0.05) is 6.07 Å². The quantitative estimate of drug-likeness (QED) is 0.380. The monoisotopic (exact) mass is 694 g/mol. The van der Waals surface area contributed by atoms with Crippen LogP contribution in [0.3, 0.4) is 0 Å². The van der Waals surface area contributed by atoms with Gasteiger partial charge in [0.1, 0.15) is 0 Å². The highest BCUT2D eigenvalue weighted by Crippen LogP contribution is 2.46. The van der Waals surface area contributed by atoms with Gasteiger partial charge in [-0.3, -0.25) is 4.90 Å². The van der Waals surface area contributed by atoms with Crippen LogP contribution in [0, 0.1) is 10.8 Å². The summed E-state index contributed by atoms with van der Waals surface area (Å²) in [7, 11) is -3.34. The molecule has 0 aromatic heterocycles. The highest BCUT2D eigenvalue weighted by atomic mass is 32.2. The Balaban J connectivity index is 1.21. The Morgan fingerprint density at radius 1 is 0.826 bits per heavy atom. The zero-order chi connectivity index (χ0) is 33.9. The number of halogens is 9. The SMILES string of the molecule is CS(=O)(=O)N1CCC2(CCN(c3cccc(C(F)(F)F)c3CN3CC4(CCN(C(=O)OC(C(F)(F)F)C(F)(F)F)CC4)C3)CC2)C1. The van der Waals surface area contributed by atoms with Crippen LogP contribution in [0.5, 0.6) is 0 Å². The van der Waals surface area contributed by atoms with Gasteiger partial charge in [-0.05, 0) is 55.1 Å². The fourth-order valence-electron chi connectivity index (χ4n) is 7.32. The lowest BCUT2D eigenvalue weighted by atomic mass is 9.72. The summed E-state index contributed by atoms with van der Waals surface area (Å²) in [6.07, 6.45) is -18.6. The zero-order valence-electron chi connectivity index (χ0n) is 24.9. The summed E-state index contributed by atoms with van der Waals surface area (Å²) >= 11 is 0. The first-order valence-corrected chi connectivity index (χ1v) is 16.7. The summed E-state index contributed by atoms with van der Waals surface area (Å²) < 4.78 is 149. The van der Waals surface area contributed by atoms with Crippen LogP contribution in [-0.2, 0) is 27.5 Å². The molecule has 0 unspecified atom stereocenters. The average molecular weight is 695 g/mol. The van der Waals surface area contributed by atoms with E-state index in [-0.39, 0.29) is 43.5 Å². The Morgan fingerprint density at radius 2 is 1.37 bits per heavy atom. The van der Waals surface area contributed by atoms with Gasteiger partial charge in [-0.2, -0.15) is 39.5 Å². The molecule has 4 aliphatic heterocycles. The van der Waals surface area contributed by atoms with Crippen molar-refractivity contribution < 1.29 is 57.5 Å². The van der Waals surface area contributed by atoms with E-state index in [4.69, 9.17) is 0 Å². The van der Waals surface area contributed by atoms with Crippen LogP contribution in [0.4, 0.5) is 50.0 Å². The maximum absolute atomic E-state index is 14.2. The van der Waals surface area contributed by atoms with E-state index in [1.54, 1.807) is 6.07 Å². The summed E-state index contributed by atoms with van der Waals surface area (Å²) in [4.78, 5) is 16.7. The number of carbonyl (C=O) groups excluding carboxylic acids is 1. The maximum atomic E-state index is 14.2. The highest BCUT2D eigenvalue weighted by molar-refractivity contribution is 7.88. The fraction of sp³-hybridized carbons (Fsp3) is 0.750. The van der Waals surface area contributed by atoms with Crippen molar-refractivity contribution >= 4 is 21.8 Å². The van der Waals surface area contributed by atoms with Gasteiger partial charge in [0.2, 0.25) is 10.0 Å². The second-order valence-electron chi connectivity index (χ2n) is 13.1. The molecule has 0 saturated carbocycles. The maximum Gasteiger partial charge on any atom is 0.434 e. The van der Waals surface area contributed by atoms with Crippen LogP contribution in [0.25, 0.3) is 0 Å². The third-order valence-electron chi connectivity index (χ3n) is 9.89. The number of anilines is 1. The summed E-state index contributed by atoms with van der Waals surface area (Å²) in [6.45, 7) is 2.12. The van der Waals surface area contributed by atoms with Crippen LogP contribution in [-0.4, -0.2) is 106 Å². The second-order valence-corrected chi connectivity index (χ2v) is 15.1. The lowest BCUT2D eigenvalue weighted by Gasteiger charge is -2.54. The Bertz CT molecular complexity index is 1380. The van der Waals surface area contributed by atoms with Gasteiger partial charge in [0.05, 0.1) is 11.8 Å². The van der Waals surface area contributed by atoms with Crippen LogP contribution in [0.1, 0.15) is 43.2 Å². The number of nitrogens with zero attached hydrogens (tertiary/aromatic N) is 4. The van der Waals surface area contributed by atoms with Gasteiger partial charge in [-0.15, -0.1) is 0 Å². The number of amides is 1. The van der Waals surface area contributed by atoms with Crippen LogP contribution < -0.4 is 4.90 Å². The van der Waals surface area contributed by atoms with Crippen molar-refractivity contribution in [2.24, 2.45) is 10.8 Å². The van der Waals surface area contributed by atoms with Gasteiger partial charge in [-0.25, -0.2) is 17.5 Å². The topological polar surface area (TPSA) is 73.4 Å². The van der Waals surface area contributed by atoms with E-state index < -0.39 is 51.7 Å². The number of piperidine rings is 2. The second kappa shape index (κ2) is 11.9. The first-order chi connectivity index (χ1) is 21.1. The summed E-state index contributed by atoms with van der Waals surface area (Å²) in [6, 6.07) is 4.04. The Hall–Kier alpha value is -2.47. The molecule has 5 rings (SSSR count). The molecule has 4 saturated heterocycles. The number of sulfonamides is 1. The number of rotatable bonds is 5. The molecule has 1 aromatic rings. The number of alkyl halides is 9. The highest BCUT2D eigenvalue weighted by Gasteiger charge is 2.60. The van der Waals surface area contributed by atoms with Gasteiger partial charge in [0.15, 0.2) is 0 Å². The largest absolute Gasteiger partial charge is 0.434 e. The number of likely N-dealkylation sites (tertiary alicyclic amines) is 2. The summed E-state index contributed by atoms with van der Waals surface area (Å²) in [5, 5.41) is 0. The van der Waals surface area contributed by atoms with Crippen molar-refractivity contribution in [3.05, 3.63) is 29.3 Å². The van der Waals surface area contributed by atoms with Crippen molar-refractivity contribution in [1.29, 1.82) is 0 Å². The summed E-state index contributed by atoms with van der Waals surface area (Å²) in [5.41, 5.74) is -0.867. The molecule has 260 valence electrons. The molecule has 46 heavy (non-hydrogen) atoms. The van der Waals surface area contributed by atoms with Gasteiger partial charge in [0.25, 0.3) is 6.10 Å². The smallest absolute Gasteiger partial charge is 0.426 e. The number of hydrogen-bond acceptors (Lipinski definition) is 6. The lowest BCUT2D eigenvalue weighted by Crippen LogP contribution is -2.60. The number of benzene rings is 1. The van der Waals surface area contributed by atoms with Crippen molar-refractivity contribution in [3.63, 3.8) is 0 Å². The molecule has 0 bridgehead atoms. The van der Waals surface area contributed by atoms with Gasteiger partial charge < -0.3 is 14.5 Å². The van der Waals surface area contributed by atoms with E-state index in [1.807, 2.05) is 9.80 Å². The molecule has 1 amide bonds. The first-order valence-electron chi connectivity index (χ1n) is 14.8. The van der Waals surface area contributed by atoms with Crippen molar-refractivity contribution in [3.8, 4) is 0 Å². The molecule has 0 aliphatic carbocycles. The van der Waals surface area contributed by atoms with E-state index in [0.717, 1.165) is 11.0 Å². The fourth-order valence-corrected chi connectivity index (χ4v) is 8.25. The Morgan fingerprint density at radius 3 is 1.87 bits per heavy atom. The molecule has 8 nitrogen and oxygen atoms in total. The number of ether oxygens (including phenoxy) is 1. The average Bonchev–Trinajstić information content (AvgIpc) is 3.34. The minimum Gasteiger partial charge on any atom is -0.426 e. The molecular formula is C28H35F9N4O4S. The van der Waals surface area contributed by atoms with Gasteiger partial charge >= 0.3 is 24.6 Å². The molecule has 0 radical (unpaired) electrons. The molecule has 4 aliphatic rings. The minimum absolute atomic E-state index is 0.0269. The van der Waals surface area contributed by atoms with E-state index in [1.165, 1.54) is 16.6 Å². The molecule has 0 atom stereocenters.